The second kappa shape index (κ2) is 7.99. The molecule has 19 heavy (non-hydrogen) atoms. The molecule has 5 nitrogen and oxygen atoms in total. The molecule has 0 saturated carbocycles. The van der Waals surface area contributed by atoms with Gasteiger partial charge in [0.25, 0.3) is 5.91 Å². The highest BCUT2D eigenvalue weighted by Crippen LogP contribution is 2.18. The Morgan fingerprint density at radius 1 is 1.42 bits per heavy atom. The number of benzene rings is 1. The van der Waals surface area contributed by atoms with Crippen LogP contribution in [-0.4, -0.2) is 51.2 Å². The molecule has 6 heteroatoms. The topological polar surface area (TPSA) is 67.6 Å². The van der Waals surface area contributed by atoms with Gasteiger partial charge in [0.15, 0.2) is 0 Å². The molecular formula is C13H20ClN3O2. The number of likely N-dealkylation sites (N-methyl/N-ethyl adjacent to an activating group) is 1. The van der Waals surface area contributed by atoms with Gasteiger partial charge in [0.05, 0.1) is 23.8 Å². The Kier molecular flexibility index (Phi) is 6.62. The molecule has 0 atom stereocenters. The van der Waals surface area contributed by atoms with Crippen LogP contribution in [0.3, 0.4) is 0 Å². The number of halogens is 1. The van der Waals surface area contributed by atoms with Gasteiger partial charge in [0, 0.05) is 18.8 Å². The number of rotatable bonds is 7. The second-order valence-electron chi connectivity index (χ2n) is 4.41. The largest absolute Gasteiger partial charge is 0.399 e. The van der Waals surface area contributed by atoms with E-state index >= 15 is 0 Å². The van der Waals surface area contributed by atoms with E-state index in [1.807, 2.05) is 19.0 Å². The summed E-state index contributed by atoms with van der Waals surface area (Å²) in [4.78, 5) is 13.9. The first-order chi connectivity index (χ1) is 9.00. The van der Waals surface area contributed by atoms with E-state index in [1.165, 1.54) is 0 Å². The molecule has 0 aliphatic carbocycles. The molecule has 1 aromatic rings. The van der Waals surface area contributed by atoms with E-state index in [0.717, 1.165) is 6.54 Å². The van der Waals surface area contributed by atoms with Crippen molar-refractivity contribution in [3.05, 3.63) is 28.8 Å². The zero-order chi connectivity index (χ0) is 14.3. The Bertz CT molecular complexity index is 424. The Hall–Kier alpha value is -1.30. The molecular weight excluding hydrogens is 266 g/mol. The maximum absolute atomic E-state index is 11.8. The van der Waals surface area contributed by atoms with Gasteiger partial charge < -0.3 is 20.7 Å². The summed E-state index contributed by atoms with van der Waals surface area (Å²) in [5.74, 6) is -0.242. The van der Waals surface area contributed by atoms with E-state index < -0.39 is 0 Å². The average Bonchev–Trinajstić information content (AvgIpc) is 2.36. The molecule has 0 fully saturated rings. The molecule has 0 bridgehead atoms. The molecule has 1 amide bonds. The van der Waals surface area contributed by atoms with Crippen LogP contribution in [0.2, 0.25) is 5.02 Å². The van der Waals surface area contributed by atoms with E-state index in [-0.39, 0.29) is 5.91 Å². The number of nitrogens with two attached hydrogens (primary N) is 1. The van der Waals surface area contributed by atoms with Gasteiger partial charge >= 0.3 is 0 Å². The van der Waals surface area contributed by atoms with Crippen molar-refractivity contribution in [3.8, 4) is 0 Å². The van der Waals surface area contributed by atoms with Gasteiger partial charge in [0.1, 0.15) is 0 Å². The molecule has 0 radical (unpaired) electrons. The van der Waals surface area contributed by atoms with Crippen LogP contribution in [0.1, 0.15) is 10.4 Å². The Morgan fingerprint density at radius 2 is 2.16 bits per heavy atom. The third-order valence-electron chi connectivity index (χ3n) is 2.45. The number of anilines is 1. The summed E-state index contributed by atoms with van der Waals surface area (Å²) in [7, 11) is 3.96. The van der Waals surface area contributed by atoms with Crippen LogP contribution >= 0.6 is 11.6 Å². The summed E-state index contributed by atoms with van der Waals surface area (Å²) in [6, 6.07) is 4.83. The second-order valence-corrected chi connectivity index (χ2v) is 4.82. The highest BCUT2D eigenvalue weighted by atomic mass is 35.5. The van der Waals surface area contributed by atoms with Crippen molar-refractivity contribution in [2.24, 2.45) is 0 Å². The minimum atomic E-state index is -0.242. The van der Waals surface area contributed by atoms with Crippen molar-refractivity contribution in [3.63, 3.8) is 0 Å². The van der Waals surface area contributed by atoms with Gasteiger partial charge in [-0.1, -0.05) is 11.6 Å². The molecule has 0 spiro atoms. The van der Waals surface area contributed by atoms with Gasteiger partial charge in [-0.15, -0.1) is 0 Å². The first-order valence-corrected chi connectivity index (χ1v) is 6.44. The van der Waals surface area contributed by atoms with Crippen molar-refractivity contribution in [2.75, 3.05) is 46.1 Å². The predicted molar refractivity (Wildman–Crippen MR) is 77.6 cm³/mol. The Balaban J connectivity index is 2.29. The lowest BCUT2D eigenvalue weighted by Gasteiger charge is -2.10. The minimum absolute atomic E-state index is 0.242. The minimum Gasteiger partial charge on any atom is -0.399 e. The van der Waals surface area contributed by atoms with Gasteiger partial charge in [-0.25, -0.2) is 0 Å². The monoisotopic (exact) mass is 285 g/mol. The average molecular weight is 286 g/mol. The zero-order valence-corrected chi connectivity index (χ0v) is 12.0. The summed E-state index contributed by atoms with van der Waals surface area (Å²) < 4.78 is 5.37. The molecule has 1 rings (SSSR count). The summed E-state index contributed by atoms with van der Waals surface area (Å²) >= 11 is 5.94. The quantitative estimate of drug-likeness (QED) is 0.584. The number of hydrogen-bond acceptors (Lipinski definition) is 4. The number of hydrogen-bond donors (Lipinski definition) is 2. The molecule has 0 saturated heterocycles. The third-order valence-corrected chi connectivity index (χ3v) is 2.78. The van der Waals surface area contributed by atoms with Gasteiger partial charge in [-0.05, 0) is 32.3 Å². The van der Waals surface area contributed by atoms with E-state index in [4.69, 9.17) is 22.1 Å². The Labute approximate surface area is 118 Å². The standard InChI is InChI=1S/C13H20ClN3O2/c1-17(2)6-8-19-7-5-16-13(18)11-9-10(15)3-4-12(11)14/h3-4,9H,5-8,15H2,1-2H3,(H,16,18). The van der Waals surface area contributed by atoms with E-state index in [9.17, 15) is 4.79 Å². The fourth-order valence-corrected chi connectivity index (χ4v) is 1.60. The summed E-state index contributed by atoms with van der Waals surface area (Å²) in [6.45, 7) is 2.41. The fourth-order valence-electron chi connectivity index (χ4n) is 1.40. The lowest BCUT2D eigenvalue weighted by Crippen LogP contribution is -2.28. The fraction of sp³-hybridized carbons (Fsp3) is 0.462. The van der Waals surface area contributed by atoms with Crippen molar-refractivity contribution in [1.29, 1.82) is 0 Å². The van der Waals surface area contributed by atoms with Crippen LogP contribution in [0.15, 0.2) is 18.2 Å². The van der Waals surface area contributed by atoms with Crippen molar-refractivity contribution in [1.82, 2.24) is 10.2 Å². The van der Waals surface area contributed by atoms with Crippen LogP contribution in [0, 0.1) is 0 Å². The molecule has 0 aromatic heterocycles. The zero-order valence-electron chi connectivity index (χ0n) is 11.3. The molecule has 0 unspecified atom stereocenters. The van der Waals surface area contributed by atoms with Crippen LogP contribution < -0.4 is 11.1 Å². The SMILES string of the molecule is CN(C)CCOCCNC(=O)c1cc(N)ccc1Cl. The van der Waals surface area contributed by atoms with Crippen molar-refractivity contribution in [2.45, 2.75) is 0 Å². The molecule has 1 aromatic carbocycles. The number of carbonyl (C=O) groups excluding carboxylic acids is 1. The van der Waals surface area contributed by atoms with E-state index in [2.05, 4.69) is 5.32 Å². The first-order valence-electron chi connectivity index (χ1n) is 6.06. The van der Waals surface area contributed by atoms with Gasteiger partial charge in [-0.2, -0.15) is 0 Å². The molecule has 0 aliphatic rings. The summed E-state index contributed by atoms with van der Waals surface area (Å²) in [5, 5.41) is 3.13. The number of amides is 1. The molecule has 3 N–H and O–H groups in total. The van der Waals surface area contributed by atoms with Crippen LogP contribution in [0.25, 0.3) is 0 Å². The van der Waals surface area contributed by atoms with Gasteiger partial charge in [-0.3, -0.25) is 4.79 Å². The highest BCUT2D eigenvalue weighted by Gasteiger charge is 2.09. The number of nitrogen functional groups attached to an aromatic ring is 1. The van der Waals surface area contributed by atoms with E-state index in [1.54, 1.807) is 18.2 Å². The van der Waals surface area contributed by atoms with Gasteiger partial charge in [0.2, 0.25) is 0 Å². The van der Waals surface area contributed by atoms with Crippen LogP contribution in [0.5, 0.6) is 0 Å². The van der Waals surface area contributed by atoms with E-state index in [0.29, 0.717) is 36.0 Å². The smallest absolute Gasteiger partial charge is 0.252 e. The number of nitrogens with one attached hydrogen (secondary N) is 1. The number of carbonyl (C=O) groups is 1. The lowest BCUT2D eigenvalue weighted by atomic mass is 10.2. The first kappa shape index (κ1) is 15.8. The molecule has 0 heterocycles. The maximum atomic E-state index is 11.8. The lowest BCUT2D eigenvalue weighted by molar-refractivity contribution is 0.0900. The maximum Gasteiger partial charge on any atom is 0.252 e. The number of nitrogens with zero attached hydrogens (tertiary/aromatic N) is 1. The van der Waals surface area contributed by atoms with Crippen molar-refractivity contribution >= 4 is 23.2 Å². The van der Waals surface area contributed by atoms with Crippen LogP contribution in [0.4, 0.5) is 5.69 Å². The van der Waals surface area contributed by atoms with Crippen molar-refractivity contribution < 1.29 is 9.53 Å². The summed E-state index contributed by atoms with van der Waals surface area (Å²) in [6.07, 6.45) is 0. The number of ether oxygens (including phenoxy) is 1. The predicted octanol–water partition coefficient (Wildman–Crippen LogP) is 1.23. The third kappa shape index (κ3) is 5.92. The highest BCUT2D eigenvalue weighted by molar-refractivity contribution is 6.34. The normalized spacial score (nSPS) is 10.7. The van der Waals surface area contributed by atoms with Crippen LogP contribution in [-0.2, 0) is 4.74 Å². The summed E-state index contributed by atoms with van der Waals surface area (Å²) in [5.41, 5.74) is 6.52. The molecule has 0 aliphatic heterocycles. The molecule has 106 valence electrons. The Morgan fingerprint density at radius 3 is 2.84 bits per heavy atom.